The van der Waals surface area contributed by atoms with Crippen LogP contribution in [0.3, 0.4) is 0 Å². The van der Waals surface area contributed by atoms with Crippen molar-refractivity contribution in [3.8, 4) is 84.2 Å². The number of benzene rings is 15. The van der Waals surface area contributed by atoms with E-state index in [1.165, 1.54) is 88.0 Å². The molecule has 674 valence electrons. The molecule has 19 rings (SSSR count). The summed E-state index contributed by atoms with van der Waals surface area (Å²) in [5, 5.41) is 15.4. The summed E-state index contributed by atoms with van der Waals surface area (Å²) in [7, 11) is 0. The molecule has 4 heterocycles. The van der Waals surface area contributed by atoms with E-state index < -0.39 is 5.41 Å². The minimum absolute atomic E-state index is 0.266. The highest BCUT2D eigenvalue weighted by molar-refractivity contribution is 7.00. The van der Waals surface area contributed by atoms with Crippen LogP contribution >= 0.6 is 0 Å². The van der Waals surface area contributed by atoms with Crippen molar-refractivity contribution < 1.29 is 0 Å². The predicted octanol–water partition coefficient (Wildman–Crippen LogP) is 34.1. The van der Waals surface area contributed by atoms with Gasteiger partial charge in [-0.25, -0.2) is 4.85 Å². The molecular formula is C128H129BN6. The van der Waals surface area contributed by atoms with Gasteiger partial charge in [0.25, 0.3) is 6.71 Å². The smallest absolute Gasteiger partial charge is 0.252 e. The van der Waals surface area contributed by atoms with Gasteiger partial charge in [-0.05, 0) is 257 Å². The minimum atomic E-state index is -0.483. The number of aromatic nitrogens is 2. The largest absolute Gasteiger partial charge is 0.310 e. The molecule has 0 aliphatic carbocycles. The average molecular weight is 1760 g/mol. The van der Waals surface area contributed by atoms with E-state index >= 15 is 0 Å². The standard InChI is InChI=1S/C128H129BN6/c1-120(2,3)87-57-83(58-88(69-87)121(4,5)6)103-65-81(79-47-45-78(77-130)46-48-79)66-104(84-59-89(122(7,8)9)70-90(60-84)123(10,11)12)118(103)134-113-75-97(132-109-41-33-29-37-99(109)100-38-30-34-42-110(100)132)53-55-107(113)129-108-56-54-98(133-111-43-35-31-39-101(111)102-40-32-36-44-112(102)133)76-114(108)135(116-74-95(128(25,26)27)73-115(134)117(116)129)119-105(85-61-91(124(13,14)15)71-92(62-85)125(16,17)18)67-82(80-49-51-96(131-28)52-50-80)68-106(119)86-63-93(126(19,20)21)72-94(64-86)127(22,23)24/h29-76H,1-27H3. The van der Waals surface area contributed by atoms with Crippen LogP contribution in [0.5, 0.6) is 0 Å². The van der Waals surface area contributed by atoms with Crippen LogP contribution in [0, 0.1) is 17.9 Å². The lowest BCUT2D eigenvalue weighted by molar-refractivity contribution is 0.568. The van der Waals surface area contributed by atoms with E-state index in [1.807, 2.05) is 24.3 Å². The maximum Gasteiger partial charge on any atom is 0.252 e. The lowest BCUT2D eigenvalue weighted by Crippen LogP contribution is -2.61. The lowest BCUT2D eigenvalue weighted by atomic mass is 9.33. The summed E-state index contributed by atoms with van der Waals surface area (Å²) in [5.41, 5.74) is 39.4. The fourth-order valence-electron chi connectivity index (χ4n) is 20.6. The predicted molar refractivity (Wildman–Crippen MR) is 581 cm³/mol. The summed E-state index contributed by atoms with van der Waals surface area (Å²) < 4.78 is 5.05. The molecule has 7 heteroatoms. The van der Waals surface area contributed by atoms with Crippen molar-refractivity contribution in [1.29, 1.82) is 5.26 Å². The van der Waals surface area contributed by atoms with E-state index in [0.29, 0.717) is 11.3 Å². The van der Waals surface area contributed by atoms with Gasteiger partial charge in [-0.2, -0.15) is 5.26 Å². The Morgan fingerprint density at radius 1 is 0.252 bits per heavy atom. The molecule has 2 aromatic heterocycles. The topological polar surface area (TPSA) is 44.5 Å². The van der Waals surface area contributed by atoms with Crippen molar-refractivity contribution in [1.82, 2.24) is 9.13 Å². The number of anilines is 6. The van der Waals surface area contributed by atoms with Crippen LogP contribution in [0.2, 0.25) is 0 Å². The van der Waals surface area contributed by atoms with Crippen molar-refractivity contribution in [2.24, 2.45) is 0 Å². The second-order valence-corrected chi connectivity index (χ2v) is 47.9. The Hall–Kier alpha value is -13.5. The van der Waals surface area contributed by atoms with Crippen LogP contribution in [-0.2, 0) is 48.7 Å². The van der Waals surface area contributed by atoms with Gasteiger partial charge in [-0.1, -0.05) is 381 Å². The third kappa shape index (κ3) is 16.3. The third-order valence-corrected chi connectivity index (χ3v) is 28.8. The van der Waals surface area contributed by atoms with Gasteiger partial charge in [-0.15, -0.1) is 0 Å². The third-order valence-electron chi connectivity index (χ3n) is 28.8. The SMILES string of the molecule is [C-]#[N+]c1ccc(-c2cc(-c3cc(C(C)(C)C)cc(C(C)(C)C)c3)c(N3c4cc(-n5c6ccccc6c6ccccc65)ccc4B4c5ccc(-n6c7ccccc7c7ccccc76)cc5N(c5c(-c6cc(C(C)(C)C)cc(C(C)(C)C)c6)cc(-c6ccc(C#N)cc6)cc5-c5cc(C(C)(C)C)cc(C(C)(C)C)c5)c5cc(C(C)(C)C)cc3c54)c(-c3cc(C(C)(C)C)cc(C(C)(C)C)c3)c2)cc1. The Labute approximate surface area is 803 Å². The van der Waals surface area contributed by atoms with Crippen LogP contribution in [0.15, 0.2) is 291 Å². The summed E-state index contributed by atoms with van der Waals surface area (Å²) in [6.07, 6.45) is 0. The molecule has 0 spiro atoms. The molecule has 0 atom stereocenters. The summed E-state index contributed by atoms with van der Waals surface area (Å²) in [6, 6.07) is 116. The fourth-order valence-corrected chi connectivity index (χ4v) is 20.6. The molecule has 0 saturated carbocycles. The van der Waals surface area contributed by atoms with Crippen LogP contribution in [0.4, 0.5) is 39.8 Å². The average Bonchev–Trinajstić information content (AvgIpc) is 1.07. The van der Waals surface area contributed by atoms with Gasteiger partial charge >= 0.3 is 0 Å². The van der Waals surface area contributed by atoms with E-state index in [1.54, 1.807) is 0 Å². The molecule has 0 unspecified atom stereocenters. The highest BCUT2D eigenvalue weighted by Crippen LogP contribution is 2.58. The molecule has 0 bridgehead atoms. The zero-order valence-corrected chi connectivity index (χ0v) is 84.5. The van der Waals surface area contributed by atoms with Crippen molar-refractivity contribution in [3.05, 3.63) is 358 Å². The molecule has 0 fully saturated rings. The molecule has 2 aliphatic rings. The molecule has 0 saturated heterocycles. The van der Waals surface area contributed by atoms with Crippen molar-refractivity contribution in [2.75, 3.05) is 9.80 Å². The summed E-state index contributed by atoms with van der Waals surface area (Å²) in [5.74, 6) is 0. The van der Waals surface area contributed by atoms with Crippen molar-refractivity contribution in [3.63, 3.8) is 0 Å². The van der Waals surface area contributed by atoms with E-state index in [9.17, 15) is 5.26 Å². The summed E-state index contributed by atoms with van der Waals surface area (Å²) in [6.45, 7) is 72.1. The first-order valence-electron chi connectivity index (χ1n) is 48.5. The maximum absolute atomic E-state index is 10.6. The Morgan fingerprint density at radius 2 is 0.504 bits per heavy atom. The number of nitriles is 1. The first-order valence-corrected chi connectivity index (χ1v) is 48.5. The number of para-hydroxylation sites is 4. The highest BCUT2D eigenvalue weighted by Gasteiger charge is 2.48. The van der Waals surface area contributed by atoms with E-state index in [-0.39, 0.29) is 50.0 Å². The van der Waals surface area contributed by atoms with Gasteiger partial charge < -0.3 is 18.9 Å². The van der Waals surface area contributed by atoms with Gasteiger partial charge in [0.1, 0.15) is 0 Å². The van der Waals surface area contributed by atoms with Gasteiger partial charge in [-0.3, -0.25) is 0 Å². The van der Waals surface area contributed by atoms with Gasteiger partial charge in [0, 0.05) is 77.9 Å². The van der Waals surface area contributed by atoms with Crippen molar-refractivity contribution in [2.45, 2.75) is 236 Å². The Bertz CT molecular complexity index is 6910. The lowest BCUT2D eigenvalue weighted by Gasteiger charge is -2.47. The van der Waals surface area contributed by atoms with Crippen molar-refractivity contribution >= 4 is 107 Å². The second-order valence-electron chi connectivity index (χ2n) is 47.9. The Kier molecular flexibility index (Phi) is 21.6. The first-order chi connectivity index (χ1) is 63.5. The second kappa shape index (κ2) is 32.1. The normalized spacial score (nSPS) is 13.4. The number of fused-ring (bicyclic) bond motifs is 10. The van der Waals surface area contributed by atoms with Gasteiger partial charge in [0.2, 0.25) is 0 Å². The van der Waals surface area contributed by atoms with E-state index in [4.69, 9.17) is 6.57 Å². The molecule has 0 radical (unpaired) electrons. The molecule has 17 aromatic rings. The van der Waals surface area contributed by atoms with E-state index in [0.717, 1.165) is 134 Å². The van der Waals surface area contributed by atoms with Crippen LogP contribution in [0.25, 0.3) is 127 Å². The summed E-state index contributed by atoms with van der Waals surface area (Å²) in [4.78, 5) is 9.60. The molecule has 15 aromatic carbocycles. The van der Waals surface area contributed by atoms with E-state index in [2.05, 4.69) is 484 Å². The molecule has 2 aliphatic heterocycles. The molecular weight excluding hydrogens is 1630 g/mol. The first kappa shape index (κ1) is 90.7. The molecule has 135 heavy (non-hydrogen) atoms. The fraction of sp³-hybridized carbons (Fsp3) is 0.281. The van der Waals surface area contributed by atoms with Gasteiger partial charge in [0.15, 0.2) is 5.69 Å². The zero-order chi connectivity index (χ0) is 96.0. The number of rotatable bonds is 10. The maximum atomic E-state index is 10.6. The molecule has 0 amide bonds. The molecule has 0 N–H and O–H groups in total. The molecule has 6 nitrogen and oxygen atoms in total. The highest BCUT2D eigenvalue weighted by atomic mass is 15.2. The van der Waals surface area contributed by atoms with Crippen LogP contribution in [-0.4, -0.2) is 15.8 Å². The summed E-state index contributed by atoms with van der Waals surface area (Å²) >= 11 is 0. The number of hydrogen-bond donors (Lipinski definition) is 0. The monoisotopic (exact) mass is 1760 g/mol. The minimum Gasteiger partial charge on any atom is -0.310 e. The Morgan fingerprint density at radius 3 is 0.756 bits per heavy atom. The Balaban J connectivity index is 1.08. The zero-order valence-electron chi connectivity index (χ0n) is 84.5. The number of nitrogens with zero attached hydrogens (tertiary/aromatic N) is 6. The van der Waals surface area contributed by atoms with Gasteiger partial charge in [0.05, 0.1) is 51.6 Å². The van der Waals surface area contributed by atoms with Crippen LogP contribution < -0.4 is 26.2 Å². The quantitative estimate of drug-likeness (QED) is 0.101. The number of hydrogen-bond acceptors (Lipinski definition) is 3. The van der Waals surface area contributed by atoms with Crippen LogP contribution in [0.1, 0.15) is 243 Å².